The minimum Gasteiger partial charge on any atom is -0.288 e. The molecule has 1 aromatic heterocycles. The lowest BCUT2D eigenvalue weighted by atomic mass is 10.0. The molecular formula is C12H7BrF2OS. The Morgan fingerprint density at radius 1 is 1.29 bits per heavy atom. The first-order valence-corrected chi connectivity index (χ1v) is 6.36. The summed E-state index contributed by atoms with van der Waals surface area (Å²) in [6.07, 6.45) is 0. The van der Waals surface area contributed by atoms with Crippen molar-refractivity contribution in [1.29, 1.82) is 0 Å². The number of ketones is 1. The van der Waals surface area contributed by atoms with Crippen molar-refractivity contribution in [1.82, 2.24) is 0 Å². The van der Waals surface area contributed by atoms with Crippen LogP contribution in [0.15, 0.2) is 28.1 Å². The lowest BCUT2D eigenvalue weighted by molar-refractivity contribution is 0.103. The average molecular weight is 317 g/mol. The molecule has 0 aliphatic carbocycles. The van der Waals surface area contributed by atoms with Gasteiger partial charge in [-0.3, -0.25) is 4.79 Å². The standard InChI is InChI=1S/C12H7BrF2OS/c1-6-8(5-10(13)17-6)12(16)7-3-2-4-9(14)11(7)15/h2-5H,1H3. The summed E-state index contributed by atoms with van der Waals surface area (Å²) in [7, 11) is 0. The zero-order valence-corrected chi connectivity index (χ0v) is 11.2. The van der Waals surface area contributed by atoms with E-state index in [1.54, 1.807) is 13.0 Å². The molecule has 0 unspecified atom stereocenters. The van der Waals surface area contributed by atoms with E-state index in [9.17, 15) is 13.6 Å². The van der Waals surface area contributed by atoms with Gasteiger partial charge in [-0.25, -0.2) is 8.78 Å². The molecule has 88 valence electrons. The number of halogens is 3. The van der Waals surface area contributed by atoms with Crippen molar-refractivity contribution >= 4 is 33.0 Å². The van der Waals surface area contributed by atoms with Gasteiger partial charge in [0.25, 0.3) is 0 Å². The van der Waals surface area contributed by atoms with Gasteiger partial charge in [-0.1, -0.05) is 6.07 Å². The molecule has 0 N–H and O–H groups in total. The van der Waals surface area contributed by atoms with E-state index in [2.05, 4.69) is 15.9 Å². The third-order valence-electron chi connectivity index (χ3n) is 2.33. The Morgan fingerprint density at radius 3 is 2.59 bits per heavy atom. The minimum atomic E-state index is -1.10. The van der Waals surface area contributed by atoms with E-state index in [0.717, 1.165) is 14.7 Å². The number of hydrogen-bond donors (Lipinski definition) is 0. The van der Waals surface area contributed by atoms with E-state index < -0.39 is 17.4 Å². The van der Waals surface area contributed by atoms with Crippen LogP contribution in [0.4, 0.5) is 8.78 Å². The van der Waals surface area contributed by atoms with Crippen LogP contribution in [0.5, 0.6) is 0 Å². The number of carbonyl (C=O) groups excluding carboxylic acids is 1. The highest BCUT2D eigenvalue weighted by Crippen LogP contribution is 2.28. The van der Waals surface area contributed by atoms with Gasteiger partial charge in [-0.05, 0) is 41.1 Å². The Balaban J connectivity index is 2.51. The zero-order valence-electron chi connectivity index (χ0n) is 8.76. The Labute approximate surface area is 109 Å². The van der Waals surface area contributed by atoms with Crippen LogP contribution >= 0.6 is 27.3 Å². The molecule has 0 saturated carbocycles. The number of hydrogen-bond acceptors (Lipinski definition) is 2. The number of aryl methyl sites for hydroxylation is 1. The first-order valence-electron chi connectivity index (χ1n) is 4.75. The van der Waals surface area contributed by atoms with Gasteiger partial charge >= 0.3 is 0 Å². The van der Waals surface area contributed by atoms with Gasteiger partial charge in [0.05, 0.1) is 9.35 Å². The van der Waals surface area contributed by atoms with Crippen molar-refractivity contribution in [3.63, 3.8) is 0 Å². The van der Waals surface area contributed by atoms with E-state index >= 15 is 0 Å². The third kappa shape index (κ3) is 2.30. The SMILES string of the molecule is Cc1sc(Br)cc1C(=O)c1cccc(F)c1F. The van der Waals surface area contributed by atoms with Crippen LogP contribution in [-0.4, -0.2) is 5.78 Å². The second-order valence-electron chi connectivity index (χ2n) is 3.45. The maximum absolute atomic E-state index is 13.5. The quantitative estimate of drug-likeness (QED) is 0.754. The second kappa shape index (κ2) is 4.66. The molecule has 2 aromatic rings. The molecule has 0 atom stereocenters. The molecule has 17 heavy (non-hydrogen) atoms. The van der Waals surface area contributed by atoms with Gasteiger partial charge < -0.3 is 0 Å². The average Bonchev–Trinajstić information content (AvgIpc) is 2.61. The fourth-order valence-electron chi connectivity index (χ4n) is 1.50. The lowest BCUT2D eigenvalue weighted by Gasteiger charge is -2.02. The number of benzene rings is 1. The van der Waals surface area contributed by atoms with Gasteiger partial charge in [-0.2, -0.15) is 0 Å². The molecule has 5 heteroatoms. The third-order valence-corrected chi connectivity index (χ3v) is 3.88. The maximum atomic E-state index is 13.5. The van der Waals surface area contributed by atoms with Crippen LogP contribution in [-0.2, 0) is 0 Å². The van der Waals surface area contributed by atoms with Crippen LogP contribution < -0.4 is 0 Å². The van der Waals surface area contributed by atoms with Crippen LogP contribution in [0.2, 0.25) is 0 Å². The molecule has 1 nitrogen and oxygen atoms in total. The second-order valence-corrected chi connectivity index (χ2v) is 6.09. The van der Waals surface area contributed by atoms with E-state index in [0.29, 0.717) is 5.56 Å². The van der Waals surface area contributed by atoms with Crippen molar-refractivity contribution in [2.75, 3.05) is 0 Å². The summed E-state index contributed by atoms with van der Waals surface area (Å²) in [6, 6.07) is 5.21. The van der Waals surface area contributed by atoms with Gasteiger partial charge in [0.1, 0.15) is 0 Å². The highest BCUT2D eigenvalue weighted by molar-refractivity contribution is 9.11. The highest BCUT2D eigenvalue weighted by atomic mass is 79.9. The molecule has 0 aliphatic heterocycles. The van der Waals surface area contributed by atoms with E-state index in [1.807, 2.05) is 0 Å². The molecule has 0 fully saturated rings. The van der Waals surface area contributed by atoms with Crippen LogP contribution in [0.1, 0.15) is 20.8 Å². The van der Waals surface area contributed by atoms with Gasteiger partial charge in [0, 0.05) is 10.4 Å². The van der Waals surface area contributed by atoms with Crippen LogP contribution in [0, 0.1) is 18.6 Å². The lowest BCUT2D eigenvalue weighted by Crippen LogP contribution is -2.05. The molecule has 0 amide bonds. The van der Waals surface area contributed by atoms with Gasteiger partial charge in [-0.15, -0.1) is 11.3 Å². The van der Waals surface area contributed by atoms with Crippen LogP contribution in [0.3, 0.4) is 0 Å². The summed E-state index contributed by atoms with van der Waals surface area (Å²) in [5.41, 5.74) is 0.157. The Morgan fingerprint density at radius 2 is 2.00 bits per heavy atom. The summed E-state index contributed by atoms with van der Waals surface area (Å²) in [5.74, 6) is -2.61. The van der Waals surface area contributed by atoms with Crippen LogP contribution in [0.25, 0.3) is 0 Å². The maximum Gasteiger partial charge on any atom is 0.197 e. The molecule has 1 heterocycles. The van der Waals surface area contributed by atoms with Crippen molar-refractivity contribution in [2.45, 2.75) is 6.92 Å². The van der Waals surface area contributed by atoms with Gasteiger partial charge in [0.2, 0.25) is 0 Å². The van der Waals surface area contributed by atoms with Crippen molar-refractivity contribution < 1.29 is 13.6 Å². The number of carbonyl (C=O) groups is 1. The van der Waals surface area contributed by atoms with Gasteiger partial charge in [0.15, 0.2) is 17.4 Å². The molecule has 0 bridgehead atoms. The summed E-state index contributed by atoms with van der Waals surface area (Å²) in [6.45, 7) is 1.76. The minimum absolute atomic E-state index is 0.238. The molecule has 2 rings (SSSR count). The fraction of sp³-hybridized carbons (Fsp3) is 0.0833. The number of rotatable bonds is 2. The first-order chi connectivity index (χ1) is 8.00. The summed E-state index contributed by atoms with van der Waals surface area (Å²) < 4.78 is 27.3. The largest absolute Gasteiger partial charge is 0.288 e. The Hall–Kier alpha value is -1.07. The Kier molecular flexibility index (Phi) is 3.40. The number of thiophene rings is 1. The highest BCUT2D eigenvalue weighted by Gasteiger charge is 2.19. The fourth-order valence-corrected chi connectivity index (χ4v) is 3.18. The molecule has 1 aromatic carbocycles. The molecule has 0 radical (unpaired) electrons. The monoisotopic (exact) mass is 316 g/mol. The Bertz CT molecular complexity index is 592. The first kappa shape index (κ1) is 12.4. The van der Waals surface area contributed by atoms with Crippen molar-refractivity contribution in [3.8, 4) is 0 Å². The zero-order chi connectivity index (χ0) is 12.6. The van der Waals surface area contributed by atoms with E-state index in [4.69, 9.17) is 0 Å². The molecule has 0 aliphatic rings. The van der Waals surface area contributed by atoms with E-state index in [1.165, 1.54) is 23.5 Å². The summed E-state index contributed by atoms with van der Waals surface area (Å²) in [4.78, 5) is 12.8. The van der Waals surface area contributed by atoms with Crippen molar-refractivity contribution in [2.24, 2.45) is 0 Å². The molecular weight excluding hydrogens is 310 g/mol. The topological polar surface area (TPSA) is 17.1 Å². The molecule has 0 saturated heterocycles. The summed E-state index contributed by atoms with van der Waals surface area (Å²) in [5, 5.41) is 0. The smallest absolute Gasteiger partial charge is 0.197 e. The summed E-state index contributed by atoms with van der Waals surface area (Å²) >= 11 is 4.64. The molecule has 0 spiro atoms. The predicted octanol–water partition coefficient (Wildman–Crippen LogP) is 4.33. The van der Waals surface area contributed by atoms with E-state index in [-0.39, 0.29) is 5.56 Å². The normalized spacial score (nSPS) is 10.6. The predicted molar refractivity (Wildman–Crippen MR) is 66.5 cm³/mol. The van der Waals surface area contributed by atoms with Crippen molar-refractivity contribution in [3.05, 3.63) is 55.7 Å².